The Hall–Kier alpha value is -1.61. The molecule has 3 nitrogen and oxygen atoms in total. The molecule has 0 aromatic carbocycles. The average Bonchev–Trinajstić information content (AvgIpc) is 3.21. The fourth-order valence-electron chi connectivity index (χ4n) is 1.85. The molecule has 1 aromatic rings. The van der Waals surface area contributed by atoms with E-state index in [1.807, 2.05) is 18.2 Å². The summed E-state index contributed by atoms with van der Waals surface area (Å²) >= 11 is 0. The van der Waals surface area contributed by atoms with E-state index in [9.17, 15) is 0 Å². The Labute approximate surface area is 109 Å². The zero-order valence-electron chi connectivity index (χ0n) is 10.8. The second kappa shape index (κ2) is 6.36. The van der Waals surface area contributed by atoms with Gasteiger partial charge in [0.15, 0.2) is 0 Å². The van der Waals surface area contributed by atoms with Gasteiger partial charge in [-0.25, -0.2) is 4.98 Å². The number of anilines is 1. The first-order chi connectivity index (χ1) is 8.83. The van der Waals surface area contributed by atoms with Crippen LogP contribution in [0.3, 0.4) is 0 Å². The van der Waals surface area contributed by atoms with E-state index in [0.29, 0.717) is 6.04 Å². The second-order valence-electron chi connectivity index (χ2n) is 4.62. The normalized spacial score (nSPS) is 14.2. The predicted molar refractivity (Wildman–Crippen MR) is 76.7 cm³/mol. The summed E-state index contributed by atoms with van der Waals surface area (Å²) in [6.45, 7) is 10.0. The minimum atomic E-state index is 0.716. The molecular weight excluding hydrogens is 222 g/mol. The summed E-state index contributed by atoms with van der Waals surface area (Å²) in [5.74, 6) is 0.991. The fourth-order valence-corrected chi connectivity index (χ4v) is 1.85. The zero-order chi connectivity index (χ0) is 12.8. The Morgan fingerprint density at radius 2 is 2.00 bits per heavy atom. The molecule has 0 saturated heterocycles. The molecule has 0 bridgehead atoms. The molecule has 1 fully saturated rings. The topological polar surface area (TPSA) is 28.2 Å². The van der Waals surface area contributed by atoms with E-state index in [-0.39, 0.29) is 0 Å². The highest BCUT2D eigenvalue weighted by Crippen LogP contribution is 2.19. The first-order valence-corrected chi connectivity index (χ1v) is 6.49. The highest BCUT2D eigenvalue weighted by molar-refractivity contribution is 5.40. The first kappa shape index (κ1) is 12.8. The molecule has 1 aliphatic carbocycles. The Morgan fingerprint density at radius 3 is 2.61 bits per heavy atom. The summed E-state index contributed by atoms with van der Waals surface area (Å²) in [5, 5.41) is 3.48. The van der Waals surface area contributed by atoms with E-state index in [1.54, 1.807) is 0 Å². The summed E-state index contributed by atoms with van der Waals surface area (Å²) in [7, 11) is 0. The van der Waals surface area contributed by atoms with Gasteiger partial charge >= 0.3 is 0 Å². The molecule has 1 saturated carbocycles. The Bertz CT molecular complexity index is 400. The molecular formula is C15H21N3. The molecule has 0 aliphatic heterocycles. The van der Waals surface area contributed by atoms with Crippen LogP contribution in [0.5, 0.6) is 0 Å². The Kier molecular flexibility index (Phi) is 4.53. The maximum Gasteiger partial charge on any atom is 0.129 e. The monoisotopic (exact) mass is 243 g/mol. The molecule has 0 radical (unpaired) electrons. The molecule has 0 amide bonds. The lowest BCUT2D eigenvalue weighted by Crippen LogP contribution is -2.25. The molecule has 1 aliphatic rings. The fraction of sp³-hybridized carbons (Fsp3) is 0.400. The van der Waals surface area contributed by atoms with Crippen LogP contribution in [0.25, 0.3) is 0 Å². The molecule has 3 heteroatoms. The van der Waals surface area contributed by atoms with Crippen LogP contribution < -0.4 is 10.2 Å². The lowest BCUT2D eigenvalue weighted by Gasteiger charge is -2.20. The van der Waals surface area contributed by atoms with Gasteiger partial charge in [0.05, 0.1) is 5.69 Å². The molecule has 1 aromatic heterocycles. The maximum atomic E-state index is 4.68. The van der Waals surface area contributed by atoms with Crippen LogP contribution >= 0.6 is 0 Å². The van der Waals surface area contributed by atoms with Crippen molar-refractivity contribution in [3.63, 3.8) is 0 Å². The minimum Gasteiger partial charge on any atom is -0.349 e. The van der Waals surface area contributed by atoms with Crippen LogP contribution in [-0.2, 0) is 6.54 Å². The van der Waals surface area contributed by atoms with Crippen molar-refractivity contribution in [2.45, 2.75) is 25.4 Å². The van der Waals surface area contributed by atoms with E-state index in [1.165, 1.54) is 12.8 Å². The van der Waals surface area contributed by atoms with Gasteiger partial charge in [0.2, 0.25) is 0 Å². The first-order valence-electron chi connectivity index (χ1n) is 6.49. The summed E-state index contributed by atoms with van der Waals surface area (Å²) in [5.41, 5.74) is 1.09. The molecule has 96 valence electrons. The molecule has 2 rings (SSSR count). The molecule has 0 unspecified atom stereocenters. The Balaban J connectivity index is 2.02. The lowest BCUT2D eigenvalue weighted by molar-refractivity contribution is 0.673. The van der Waals surface area contributed by atoms with Crippen molar-refractivity contribution in [1.29, 1.82) is 0 Å². The third kappa shape index (κ3) is 3.70. The van der Waals surface area contributed by atoms with Crippen LogP contribution in [0.2, 0.25) is 0 Å². The third-order valence-electron chi connectivity index (χ3n) is 2.96. The van der Waals surface area contributed by atoms with Crippen molar-refractivity contribution in [3.8, 4) is 0 Å². The van der Waals surface area contributed by atoms with Crippen LogP contribution in [0.1, 0.15) is 18.5 Å². The number of nitrogens with zero attached hydrogens (tertiary/aromatic N) is 2. The number of hydrogen-bond acceptors (Lipinski definition) is 3. The summed E-state index contributed by atoms with van der Waals surface area (Å²) in [4.78, 5) is 6.83. The van der Waals surface area contributed by atoms with Crippen molar-refractivity contribution in [2.24, 2.45) is 0 Å². The minimum absolute atomic E-state index is 0.716. The largest absolute Gasteiger partial charge is 0.349 e. The number of rotatable bonds is 8. The van der Waals surface area contributed by atoms with E-state index in [4.69, 9.17) is 0 Å². The number of hydrogen-bond donors (Lipinski definition) is 1. The van der Waals surface area contributed by atoms with E-state index >= 15 is 0 Å². The zero-order valence-corrected chi connectivity index (χ0v) is 10.8. The van der Waals surface area contributed by atoms with Crippen molar-refractivity contribution < 1.29 is 0 Å². The van der Waals surface area contributed by atoms with Crippen LogP contribution in [0.4, 0.5) is 5.82 Å². The van der Waals surface area contributed by atoms with Crippen molar-refractivity contribution >= 4 is 5.82 Å². The highest BCUT2D eigenvalue weighted by Gasteiger charge is 2.20. The van der Waals surface area contributed by atoms with Crippen LogP contribution in [0.15, 0.2) is 43.5 Å². The summed E-state index contributed by atoms with van der Waals surface area (Å²) in [6, 6.07) is 6.88. The van der Waals surface area contributed by atoms with Gasteiger partial charge in [-0.2, -0.15) is 0 Å². The van der Waals surface area contributed by atoms with E-state index < -0.39 is 0 Å². The van der Waals surface area contributed by atoms with Crippen molar-refractivity contribution in [3.05, 3.63) is 49.2 Å². The molecule has 0 spiro atoms. The van der Waals surface area contributed by atoms with Gasteiger partial charge in [-0.1, -0.05) is 18.2 Å². The van der Waals surface area contributed by atoms with E-state index in [0.717, 1.165) is 31.1 Å². The molecule has 1 heterocycles. The molecule has 1 N–H and O–H groups in total. The average molecular weight is 243 g/mol. The lowest BCUT2D eigenvalue weighted by atomic mass is 10.3. The molecule has 18 heavy (non-hydrogen) atoms. The van der Waals surface area contributed by atoms with Crippen LogP contribution in [0, 0.1) is 0 Å². The smallest absolute Gasteiger partial charge is 0.129 e. The SMILES string of the molecule is C=CCN(CC=C)c1cccc(CNC2CC2)n1. The second-order valence-corrected chi connectivity index (χ2v) is 4.62. The van der Waals surface area contributed by atoms with Gasteiger partial charge in [-0.05, 0) is 25.0 Å². The number of aromatic nitrogens is 1. The van der Waals surface area contributed by atoms with Crippen molar-refractivity contribution in [2.75, 3.05) is 18.0 Å². The Morgan fingerprint density at radius 1 is 1.28 bits per heavy atom. The highest BCUT2D eigenvalue weighted by atomic mass is 15.2. The van der Waals surface area contributed by atoms with Gasteiger partial charge in [0.25, 0.3) is 0 Å². The number of nitrogens with one attached hydrogen (secondary N) is 1. The summed E-state index contributed by atoms with van der Waals surface area (Å²) in [6.07, 6.45) is 6.39. The quantitative estimate of drug-likeness (QED) is 0.711. The van der Waals surface area contributed by atoms with Gasteiger partial charge in [-0.3, -0.25) is 0 Å². The van der Waals surface area contributed by atoms with Gasteiger partial charge in [0.1, 0.15) is 5.82 Å². The number of pyridine rings is 1. The maximum absolute atomic E-state index is 4.68. The standard InChI is InChI=1S/C15H21N3/c1-3-10-18(11-4-2)15-7-5-6-14(17-15)12-16-13-8-9-13/h3-7,13,16H,1-2,8-12H2. The van der Waals surface area contributed by atoms with Crippen molar-refractivity contribution in [1.82, 2.24) is 10.3 Å². The third-order valence-corrected chi connectivity index (χ3v) is 2.96. The van der Waals surface area contributed by atoms with Gasteiger partial charge in [-0.15, -0.1) is 13.2 Å². The summed E-state index contributed by atoms with van der Waals surface area (Å²) < 4.78 is 0. The van der Waals surface area contributed by atoms with Crippen LogP contribution in [-0.4, -0.2) is 24.1 Å². The predicted octanol–water partition coefficient (Wildman–Crippen LogP) is 2.51. The van der Waals surface area contributed by atoms with Gasteiger partial charge in [0, 0.05) is 25.7 Å². The van der Waals surface area contributed by atoms with Gasteiger partial charge < -0.3 is 10.2 Å². The molecule has 0 atom stereocenters. The van der Waals surface area contributed by atoms with E-state index in [2.05, 4.69) is 40.5 Å².